The van der Waals surface area contributed by atoms with E-state index in [-0.39, 0.29) is 23.0 Å². The molecular formula is C19H15Cl2N3O4. The summed E-state index contributed by atoms with van der Waals surface area (Å²) in [5, 5.41) is 17.3. The second-order valence-electron chi connectivity index (χ2n) is 6.00. The van der Waals surface area contributed by atoms with Crippen LogP contribution in [-0.4, -0.2) is 33.3 Å². The third-order valence-electron chi connectivity index (χ3n) is 4.10. The molecule has 2 aromatic carbocycles. The molecule has 0 unspecified atom stereocenters. The summed E-state index contributed by atoms with van der Waals surface area (Å²) in [6.45, 7) is -0.105. The van der Waals surface area contributed by atoms with E-state index in [1.807, 2.05) is 0 Å². The lowest BCUT2D eigenvalue weighted by Gasteiger charge is -2.10. The number of aromatic nitrogens is 2. The Balaban J connectivity index is 1.73. The summed E-state index contributed by atoms with van der Waals surface area (Å²) < 4.78 is 0.858. The van der Waals surface area contributed by atoms with Gasteiger partial charge in [-0.1, -0.05) is 47.5 Å². The number of amides is 1. The number of hydrogen-bond acceptors (Lipinski definition) is 4. The molecule has 28 heavy (non-hydrogen) atoms. The van der Waals surface area contributed by atoms with Crippen molar-refractivity contribution in [2.45, 2.75) is 13.0 Å². The van der Waals surface area contributed by atoms with Gasteiger partial charge < -0.3 is 10.4 Å². The molecule has 7 nitrogen and oxygen atoms in total. The van der Waals surface area contributed by atoms with Crippen molar-refractivity contribution in [1.29, 1.82) is 0 Å². The topological polar surface area (TPSA) is 101 Å². The van der Waals surface area contributed by atoms with Gasteiger partial charge in [-0.15, -0.1) is 0 Å². The highest BCUT2D eigenvalue weighted by Gasteiger charge is 2.17. The summed E-state index contributed by atoms with van der Waals surface area (Å²) in [5.41, 5.74) is 0.00738. The van der Waals surface area contributed by atoms with Gasteiger partial charge in [-0.25, -0.2) is 9.48 Å². The number of fused-ring (bicyclic) bond motifs is 1. The Morgan fingerprint density at radius 3 is 2.50 bits per heavy atom. The van der Waals surface area contributed by atoms with E-state index >= 15 is 0 Å². The highest BCUT2D eigenvalue weighted by atomic mass is 35.5. The Morgan fingerprint density at radius 2 is 1.82 bits per heavy atom. The Morgan fingerprint density at radius 1 is 1.11 bits per heavy atom. The maximum Gasteiger partial charge on any atom is 0.357 e. The third kappa shape index (κ3) is 4.32. The number of nitrogens with zero attached hydrogens (tertiary/aromatic N) is 2. The maximum absolute atomic E-state index is 12.5. The standard InChI is InChI=1S/C19H15Cl2N3O4/c20-12-6-5-11(15(21)9-12)7-8-22-16(25)10-24-18(26)14-4-2-1-3-13(14)17(23-24)19(27)28/h1-6,9H,7-8,10H2,(H,22,25)(H,27,28). The van der Waals surface area contributed by atoms with Gasteiger partial charge in [0, 0.05) is 22.0 Å². The average molecular weight is 420 g/mol. The fourth-order valence-electron chi connectivity index (χ4n) is 2.75. The van der Waals surface area contributed by atoms with E-state index in [1.165, 1.54) is 12.1 Å². The van der Waals surface area contributed by atoms with Gasteiger partial charge in [-0.3, -0.25) is 9.59 Å². The van der Waals surface area contributed by atoms with Gasteiger partial charge in [-0.2, -0.15) is 5.10 Å². The second kappa shape index (κ2) is 8.41. The van der Waals surface area contributed by atoms with Gasteiger partial charge in [0.25, 0.3) is 5.56 Å². The first-order valence-corrected chi connectivity index (χ1v) is 9.06. The predicted octanol–water partition coefficient (Wildman–Crippen LogP) is 2.76. The number of rotatable bonds is 6. The van der Waals surface area contributed by atoms with Crippen LogP contribution in [-0.2, 0) is 17.8 Å². The monoisotopic (exact) mass is 419 g/mol. The highest BCUT2D eigenvalue weighted by Crippen LogP contribution is 2.21. The molecule has 3 aromatic rings. The van der Waals surface area contributed by atoms with Crippen LogP contribution in [0, 0.1) is 0 Å². The molecule has 0 saturated heterocycles. The number of aromatic carboxylic acids is 1. The van der Waals surface area contributed by atoms with Crippen molar-refractivity contribution in [3.05, 3.63) is 74.1 Å². The zero-order chi connectivity index (χ0) is 20.3. The number of carboxylic acids is 1. The predicted molar refractivity (Wildman–Crippen MR) is 106 cm³/mol. The maximum atomic E-state index is 12.5. The molecule has 1 heterocycles. The van der Waals surface area contributed by atoms with Crippen molar-refractivity contribution >= 4 is 45.9 Å². The lowest BCUT2D eigenvalue weighted by molar-refractivity contribution is -0.121. The zero-order valence-corrected chi connectivity index (χ0v) is 16.0. The van der Waals surface area contributed by atoms with Gasteiger partial charge in [0.2, 0.25) is 5.91 Å². The lowest BCUT2D eigenvalue weighted by atomic mass is 10.1. The van der Waals surface area contributed by atoms with E-state index < -0.39 is 24.0 Å². The van der Waals surface area contributed by atoms with Crippen LogP contribution in [0.3, 0.4) is 0 Å². The van der Waals surface area contributed by atoms with Gasteiger partial charge in [0.05, 0.1) is 5.39 Å². The number of hydrogen-bond donors (Lipinski definition) is 2. The van der Waals surface area contributed by atoms with E-state index in [9.17, 15) is 19.5 Å². The minimum absolute atomic E-state index is 0.190. The summed E-state index contributed by atoms with van der Waals surface area (Å²) in [6.07, 6.45) is 0.474. The van der Waals surface area contributed by atoms with Crippen LogP contribution in [0.4, 0.5) is 0 Å². The van der Waals surface area contributed by atoms with E-state index in [2.05, 4.69) is 10.4 Å². The molecule has 0 saturated carbocycles. The average Bonchev–Trinajstić information content (AvgIpc) is 2.65. The highest BCUT2D eigenvalue weighted by molar-refractivity contribution is 6.35. The molecule has 0 bridgehead atoms. The molecule has 0 aliphatic rings. The largest absolute Gasteiger partial charge is 0.476 e. The van der Waals surface area contributed by atoms with Crippen molar-refractivity contribution in [1.82, 2.24) is 15.1 Å². The molecule has 9 heteroatoms. The van der Waals surface area contributed by atoms with E-state index in [0.717, 1.165) is 10.2 Å². The zero-order valence-electron chi connectivity index (χ0n) is 14.5. The molecule has 0 radical (unpaired) electrons. The number of benzene rings is 2. The van der Waals surface area contributed by atoms with Crippen molar-refractivity contribution in [3.63, 3.8) is 0 Å². The Bertz CT molecular complexity index is 1130. The molecule has 1 aromatic heterocycles. The number of nitrogens with one attached hydrogen (secondary N) is 1. The molecule has 0 atom stereocenters. The molecule has 0 aliphatic heterocycles. The molecule has 0 fully saturated rings. The molecule has 3 rings (SSSR count). The summed E-state index contributed by atoms with van der Waals surface area (Å²) in [4.78, 5) is 36.2. The summed E-state index contributed by atoms with van der Waals surface area (Å²) >= 11 is 11.9. The molecule has 144 valence electrons. The van der Waals surface area contributed by atoms with Crippen LogP contribution in [0.25, 0.3) is 10.8 Å². The van der Waals surface area contributed by atoms with Crippen molar-refractivity contribution < 1.29 is 14.7 Å². The van der Waals surface area contributed by atoms with E-state index in [1.54, 1.807) is 30.3 Å². The summed E-state index contributed by atoms with van der Waals surface area (Å²) in [6, 6.07) is 11.3. The van der Waals surface area contributed by atoms with E-state index in [0.29, 0.717) is 16.5 Å². The van der Waals surface area contributed by atoms with E-state index in [4.69, 9.17) is 23.2 Å². The fourth-order valence-corrected chi connectivity index (χ4v) is 3.26. The molecule has 0 spiro atoms. The van der Waals surface area contributed by atoms with Gasteiger partial charge >= 0.3 is 5.97 Å². The first kappa shape index (κ1) is 19.9. The quantitative estimate of drug-likeness (QED) is 0.639. The first-order valence-electron chi connectivity index (χ1n) is 8.30. The Hall–Kier alpha value is -2.90. The molecule has 1 amide bonds. The van der Waals surface area contributed by atoms with Crippen LogP contribution in [0.15, 0.2) is 47.3 Å². The molecular weight excluding hydrogens is 405 g/mol. The molecule has 0 aliphatic carbocycles. The summed E-state index contributed by atoms with van der Waals surface area (Å²) in [5.74, 6) is -1.74. The minimum Gasteiger partial charge on any atom is -0.476 e. The number of carbonyl (C=O) groups is 2. The molecule has 2 N–H and O–H groups in total. The van der Waals surface area contributed by atoms with Crippen molar-refractivity contribution in [2.24, 2.45) is 0 Å². The Kier molecular flexibility index (Phi) is 5.96. The second-order valence-corrected chi connectivity index (χ2v) is 6.84. The smallest absolute Gasteiger partial charge is 0.357 e. The SMILES string of the molecule is O=C(Cn1nc(C(=O)O)c2ccccc2c1=O)NCCc1ccc(Cl)cc1Cl. The van der Waals surface area contributed by atoms with Crippen LogP contribution in [0.5, 0.6) is 0 Å². The summed E-state index contributed by atoms with van der Waals surface area (Å²) in [7, 11) is 0. The van der Waals surface area contributed by atoms with Crippen LogP contribution >= 0.6 is 23.2 Å². The van der Waals surface area contributed by atoms with Gasteiger partial charge in [0.1, 0.15) is 6.54 Å². The fraction of sp³-hybridized carbons (Fsp3) is 0.158. The van der Waals surface area contributed by atoms with Crippen LogP contribution in [0.2, 0.25) is 10.0 Å². The van der Waals surface area contributed by atoms with Crippen LogP contribution < -0.4 is 10.9 Å². The Labute approximate surface area is 169 Å². The number of carbonyl (C=O) groups excluding carboxylic acids is 1. The third-order valence-corrected chi connectivity index (χ3v) is 4.68. The van der Waals surface area contributed by atoms with Crippen molar-refractivity contribution in [3.8, 4) is 0 Å². The number of halogens is 2. The normalized spacial score (nSPS) is 10.8. The van der Waals surface area contributed by atoms with Gasteiger partial charge in [0.15, 0.2) is 5.69 Å². The van der Waals surface area contributed by atoms with Crippen LogP contribution in [0.1, 0.15) is 16.1 Å². The first-order chi connectivity index (χ1) is 13.4. The number of carboxylic acid groups (broad SMARTS) is 1. The van der Waals surface area contributed by atoms with Gasteiger partial charge in [-0.05, 0) is 30.2 Å². The lowest BCUT2D eigenvalue weighted by Crippen LogP contribution is -2.35. The van der Waals surface area contributed by atoms with Crippen molar-refractivity contribution in [2.75, 3.05) is 6.54 Å². The minimum atomic E-state index is -1.28.